The van der Waals surface area contributed by atoms with Gasteiger partial charge in [-0.05, 0) is 35.9 Å². The summed E-state index contributed by atoms with van der Waals surface area (Å²) in [6.45, 7) is 0. The number of nitrogens with zero attached hydrogens (tertiary/aromatic N) is 2. The molecule has 0 fully saturated rings. The Balaban J connectivity index is 2.15. The van der Waals surface area contributed by atoms with E-state index in [2.05, 4.69) is 5.10 Å². The van der Waals surface area contributed by atoms with Crippen LogP contribution in [0.2, 0.25) is 0 Å². The van der Waals surface area contributed by atoms with Crippen molar-refractivity contribution in [1.82, 2.24) is 5.43 Å². The highest BCUT2D eigenvalue weighted by Crippen LogP contribution is 2.28. The monoisotopic (exact) mass is 358 g/mol. The lowest BCUT2D eigenvalue weighted by Gasteiger charge is -2.10. The maximum atomic E-state index is 12.2. The predicted octanol–water partition coefficient (Wildman–Crippen LogP) is 1.82. The number of nitro groups is 1. The Kier molecular flexibility index (Phi) is 5.83. The number of benzene rings is 2. The number of non-ortho nitro benzene ring substituents is 1. The summed E-state index contributed by atoms with van der Waals surface area (Å²) in [5, 5.41) is 14.2. The number of primary amides is 1. The zero-order valence-electron chi connectivity index (χ0n) is 13.5. The van der Waals surface area contributed by atoms with E-state index in [-0.39, 0.29) is 22.7 Å². The zero-order chi connectivity index (χ0) is 19.1. The number of hydrogen-bond donors (Lipinski definition) is 2. The molecular formula is C16H14N4O6. The van der Waals surface area contributed by atoms with Gasteiger partial charge in [0.05, 0.1) is 23.8 Å². The van der Waals surface area contributed by atoms with E-state index in [0.717, 1.165) is 0 Å². The molecule has 3 N–H and O–H groups in total. The van der Waals surface area contributed by atoms with Crippen LogP contribution in [0.3, 0.4) is 0 Å². The summed E-state index contributed by atoms with van der Waals surface area (Å²) in [6.07, 6.45) is 1.33. The maximum absolute atomic E-state index is 12.2. The standard InChI is InChI=1S/C16H14N4O6/c1-25-14-8-10(9-18-19-16(17)22)2-7-13(14)26-15(21)11-3-5-12(6-4-11)20(23)24/h2-9H,1H3,(H3,17,19,22)/b18-9+. The maximum Gasteiger partial charge on any atom is 0.343 e. The van der Waals surface area contributed by atoms with Gasteiger partial charge in [0, 0.05) is 12.1 Å². The number of carbonyl (C=O) groups is 2. The summed E-state index contributed by atoms with van der Waals surface area (Å²) in [6, 6.07) is 8.79. The third kappa shape index (κ3) is 4.77. The molecule has 0 radical (unpaired) electrons. The van der Waals surface area contributed by atoms with Crippen LogP contribution in [0, 0.1) is 10.1 Å². The molecule has 2 rings (SSSR count). The number of hydrogen-bond acceptors (Lipinski definition) is 7. The van der Waals surface area contributed by atoms with Crippen molar-refractivity contribution >= 4 is 23.9 Å². The highest BCUT2D eigenvalue weighted by Gasteiger charge is 2.14. The normalized spacial score (nSPS) is 10.3. The molecule has 2 aromatic rings. The average molecular weight is 358 g/mol. The Labute approximate surface area is 147 Å². The number of carbonyl (C=O) groups excluding carboxylic acids is 2. The van der Waals surface area contributed by atoms with Crippen LogP contribution in [0.25, 0.3) is 0 Å². The van der Waals surface area contributed by atoms with Gasteiger partial charge in [-0.1, -0.05) is 0 Å². The Bertz CT molecular complexity index is 864. The second kappa shape index (κ2) is 8.24. The first-order valence-corrected chi connectivity index (χ1v) is 7.14. The number of nitrogens with two attached hydrogens (primary N) is 1. The van der Waals surface area contributed by atoms with Crippen LogP contribution in [0.1, 0.15) is 15.9 Å². The van der Waals surface area contributed by atoms with Crippen molar-refractivity contribution in [2.24, 2.45) is 10.8 Å². The Morgan fingerprint density at radius 1 is 1.19 bits per heavy atom. The second-order valence-electron chi connectivity index (χ2n) is 4.84. The number of ether oxygens (including phenoxy) is 2. The number of nitro benzene ring substituents is 1. The Hall–Kier alpha value is -3.95. The molecule has 0 atom stereocenters. The molecule has 26 heavy (non-hydrogen) atoms. The zero-order valence-corrected chi connectivity index (χ0v) is 13.5. The molecule has 0 unspecified atom stereocenters. The number of rotatable bonds is 6. The van der Waals surface area contributed by atoms with E-state index in [1.807, 2.05) is 5.43 Å². The molecule has 2 amide bonds. The van der Waals surface area contributed by atoms with Crippen molar-refractivity contribution in [2.45, 2.75) is 0 Å². The van der Waals surface area contributed by atoms with E-state index >= 15 is 0 Å². The molecule has 0 spiro atoms. The van der Waals surface area contributed by atoms with Crippen molar-refractivity contribution in [1.29, 1.82) is 0 Å². The molecule has 0 saturated heterocycles. The average Bonchev–Trinajstić information content (AvgIpc) is 2.62. The number of methoxy groups -OCH3 is 1. The van der Waals surface area contributed by atoms with Gasteiger partial charge >= 0.3 is 12.0 Å². The molecule has 134 valence electrons. The second-order valence-corrected chi connectivity index (χ2v) is 4.84. The van der Waals surface area contributed by atoms with Crippen molar-refractivity contribution in [3.05, 3.63) is 63.7 Å². The number of amides is 2. The lowest BCUT2D eigenvalue weighted by molar-refractivity contribution is -0.384. The molecule has 0 bridgehead atoms. The van der Waals surface area contributed by atoms with Crippen molar-refractivity contribution in [2.75, 3.05) is 7.11 Å². The van der Waals surface area contributed by atoms with E-state index < -0.39 is 16.9 Å². The largest absolute Gasteiger partial charge is 0.493 e. The highest BCUT2D eigenvalue weighted by atomic mass is 16.6. The van der Waals surface area contributed by atoms with E-state index in [1.54, 1.807) is 6.07 Å². The van der Waals surface area contributed by atoms with Gasteiger partial charge in [0.15, 0.2) is 11.5 Å². The molecule has 0 aliphatic rings. The van der Waals surface area contributed by atoms with Crippen molar-refractivity contribution in [3.8, 4) is 11.5 Å². The van der Waals surface area contributed by atoms with E-state index in [0.29, 0.717) is 5.56 Å². The molecule has 0 aromatic heterocycles. The van der Waals surface area contributed by atoms with Gasteiger partial charge < -0.3 is 15.2 Å². The topological polar surface area (TPSA) is 146 Å². The number of hydrazone groups is 1. The minimum absolute atomic E-state index is 0.132. The first-order chi connectivity index (χ1) is 12.4. The van der Waals surface area contributed by atoms with Gasteiger partial charge in [-0.25, -0.2) is 15.0 Å². The molecule has 0 aliphatic heterocycles. The number of nitrogens with one attached hydrogen (secondary N) is 1. The van der Waals surface area contributed by atoms with Crippen LogP contribution in [-0.2, 0) is 0 Å². The molecule has 0 heterocycles. The number of esters is 1. The third-order valence-corrected chi connectivity index (χ3v) is 3.09. The number of urea groups is 1. The van der Waals surface area contributed by atoms with Crippen LogP contribution in [-0.4, -0.2) is 30.2 Å². The summed E-state index contributed by atoms with van der Waals surface area (Å²) < 4.78 is 10.4. The van der Waals surface area contributed by atoms with Crippen LogP contribution in [0.5, 0.6) is 11.5 Å². The smallest absolute Gasteiger partial charge is 0.343 e. The first-order valence-electron chi connectivity index (χ1n) is 7.14. The lowest BCUT2D eigenvalue weighted by atomic mass is 10.2. The van der Waals surface area contributed by atoms with Gasteiger partial charge in [0.25, 0.3) is 5.69 Å². The first kappa shape index (κ1) is 18.4. The van der Waals surface area contributed by atoms with Crippen LogP contribution in [0.15, 0.2) is 47.6 Å². The third-order valence-electron chi connectivity index (χ3n) is 3.09. The Morgan fingerprint density at radius 3 is 2.46 bits per heavy atom. The van der Waals surface area contributed by atoms with E-state index in [4.69, 9.17) is 15.2 Å². The van der Waals surface area contributed by atoms with Gasteiger partial charge in [-0.15, -0.1) is 0 Å². The van der Waals surface area contributed by atoms with Crippen molar-refractivity contribution < 1.29 is 24.0 Å². The van der Waals surface area contributed by atoms with E-state index in [1.165, 1.54) is 49.7 Å². The molecule has 10 nitrogen and oxygen atoms in total. The molecule has 0 aliphatic carbocycles. The van der Waals surface area contributed by atoms with Crippen LogP contribution in [0.4, 0.5) is 10.5 Å². The molecule has 0 saturated carbocycles. The molecule has 10 heteroatoms. The van der Waals surface area contributed by atoms with Gasteiger partial charge in [-0.3, -0.25) is 10.1 Å². The van der Waals surface area contributed by atoms with Gasteiger partial charge in [-0.2, -0.15) is 5.10 Å². The summed E-state index contributed by atoms with van der Waals surface area (Å²) in [5.41, 5.74) is 7.51. The summed E-state index contributed by atoms with van der Waals surface area (Å²) in [7, 11) is 1.39. The van der Waals surface area contributed by atoms with Crippen molar-refractivity contribution in [3.63, 3.8) is 0 Å². The fourth-order valence-electron chi connectivity index (χ4n) is 1.90. The van der Waals surface area contributed by atoms with Gasteiger partial charge in [0.2, 0.25) is 0 Å². The van der Waals surface area contributed by atoms with Gasteiger partial charge in [0.1, 0.15) is 0 Å². The molecular weight excluding hydrogens is 344 g/mol. The Morgan fingerprint density at radius 2 is 1.88 bits per heavy atom. The highest BCUT2D eigenvalue weighted by molar-refractivity contribution is 5.92. The predicted molar refractivity (Wildman–Crippen MR) is 91.4 cm³/mol. The fourth-order valence-corrected chi connectivity index (χ4v) is 1.90. The fraction of sp³-hybridized carbons (Fsp3) is 0.0625. The minimum atomic E-state index is -0.804. The lowest BCUT2D eigenvalue weighted by Crippen LogP contribution is -2.24. The summed E-state index contributed by atoms with van der Waals surface area (Å²) >= 11 is 0. The summed E-state index contributed by atoms with van der Waals surface area (Å²) in [4.78, 5) is 32.8. The van der Waals surface area contributed by atoms with Crippen LogP contribution < -0.4 is 20.6 Å². The van der Waals surface area contributed by atoms with E-state index in [9.17, 15) is 19.7 Å². The molecule has 2 aromatic carbocycles. The SMILES string of the molecule is COc1cc(/C=N/NC(N)=O)ccc1OC(=O)c1ccc([N+](=O)[O-])cc1. The quantitative estimate of drug-likeness (QED) is 0.265. The minimum Gasteiger partial charge on any atom is -0.493 e. The summed E-state index contributed by atoms with van der Waals surface area (Å²) in [5.74, 6) is -0.297. The van der Waals surface area contributed by atoms with Crippen LogP contribution >= 0.6 is 0 Å².